The van der Waals surface area contributed by atoms with E-state index in [9.17, 15) is 9.67 Å². The summed E-state index contributed by atoms with van der Waals surface area (Å²) >= 11 is 0. The summed E-state index contributed by atoms with van der Waals surface area (Å²) in [4.78, 5) is 0. The highest BCUT2D eigenvalue weighted by atomic mass is 31.2. The van der Waals surface area contributed by atoms with Crippen molar-refractivity contribution in [1.29, 1.82) is 0 Å². The molecule has 1 aromatic rings. The summed E-state index contributed by atoms with van der Waals surface area (Å²) in [7, 11) is -0.971. The molecule has 0 saturated heterocycles. The molecule has 0 unspecified atom stereocenters. The summed E-state index contributed by atoms with van der Waals surface area (Å²) in [6.07, 6.45) is 1.75. The van der Waals surface area contributed by atoms with Crippen molar-refractivity contribution in [2.75, 3.05) is 14.2 Å². The lowest BCUT2D eigenvalue weighted by atomic mass is 10.1. The van der Waals surface area contributed by atoms with Crippen LogP contribution in [0.3, 0.4) is 0 Å². The first-order valence-electron chi connectivity index (χ1n) is 5.16. The number of aliphatic hydroxyl groups excluding tert-OH is 1. The van der Waals surface area contributed by atoms with E-state index in [1.54, 1.807) is 13.0 Å². The zero-order chi connectivity index (χ0) is 12.9. The monoisotopic (exact) mass is 256 g/mol. The van der Waals surface area contributed by atoms with Crippen molar-refractivity contribution in [3.63, 3.8) is 0 Å². The SMILES string of the molecule is COP(=O)(OC)[C@H](O)C(C)=Cc1ccccc1. The number of aliphatic hydroxyl groups is 1. The van der Waals surface area contributed by atoms with Crippen LogP contribution in [0.4, 0.5) is 0 Å². The summed E-state index contributed by atoms with van der Waals surface area (Å²) in [6.45, 7) is 1.68. The van der Waals surface area contributed by atoms with E-state index in [1.807, 2.05) is 30.3 Å². The van der Waals surface area contributed by atoms with Gasteiger partial charge in [-0.15, -0.1) is 0 Å². The van der Waals surface area contributed by atoms with Gasteiger partial charge in [-0.1, -0.05) is 36.4 Å². The second-order valence-electron chi connectivity index (χ2n) is 3.58. The first-order valence-corrected chi connectivity index (χ1v) is 6.77. The lowest BCUT2D eigenvalue weighted by molar-refractivity contribution is 0.195. The lowest BCUT2D eigenvalue weighted by Gasteiger charge is -2.20. The molecule has 0 aliphatic carbocycles. The van der Waals surface area contributed by atoms with E-state index in [0.717, 1.165) is 5.56 Å². The van der Waals surface area contributed by atoms with Gasteiger partial charge in [0, 0.05) is 14.2 Å². The molecule has 1 rings (SSSR count). The van der Waals surface area contributed by atoms with Gasteiger partial charge in [-0.2, -0.15) is 0 Å². The topological polar surface area (TPSA) is 55.8 Å². The van der Waals surface area contributed by atoms with Crippen molar-refractivity contribution < 1.29 is 18.7 Å². The van der Waals surface area contributed by atoms with Crippen molar-refractivity contribution >= 4 is 13.7 Å². The molecule has 4 nitrogen and oxygen atoms in total. The Hall–Kier alpha value is -0.930. The van der Waals surface area contributed by atoms with Gasteiger partial charge < -0.3 is 14.2 Å². The summed E-state index contributed by atoms with van der Waals surface area (Å²) in [5.74, 6) is -1.25. The fraction of sp³-hybridized carbons (Fsp3) is 0.333. The normalized spacial score (nSPS) is 14.7. The van der Waals surface area contributed by atoms with Crippen LogP contribution < -0.4 is 0 Å². The molecule has 1 atom stereocenters. The Morgan fingerprint density at radius 3 is 2.29 bits per heavy atom. The summed E-state index contributed by atoms with van der Waals surface area (Å²) in [6, 6.07) is 9.45. The quantitative estimate of drug-likeness (QED) is 0.823. The smallest absolute Gasteiger partial charge is 0.362 e. The minimum atomic E-state index is -3.48. The third-order valence-electron chi connectivity index (χ3n) is 2.41. The van der Waals surface area contributed by atoms with Crippen LogP contribution in [0.1, 0.15) is 12.5 Å². The molecule has 0 spiro atoms. The molecule has 17 heavy (non-hydrogen) atoms. The molecule has 1 aromatic carbocycles. The molecular weight excluding hydrogens is 239 g/mol. The van der Waals surface area contributed by atoms with Crippen LogP contribution in [-0.2, 0) is 13.6 Å². The maximum atomic E-state index is 11.9. The highest BCUT2D eigenvalue weighted by Crippen LogP contribution is 2.52. The molecule has 0 heterocycles. The number of rotatable bonds is 5. The highest BCUT2D eigenvalue weighted by Gasteiger charge is 2.33. The van der Waals surface area contributed by atoms with Gasteiger partial charge >= 0.3 is 7.60 Å². The predicted octanol–water partition coefficient (Wildman–Crippen LogP) is 2.89. The molecule has 1 N–H and O–H groups in total. The summed E-state index contributed by atoms with van der Waals surface area (Å²) < 4.78 is 21.4. The Labute approximate surface area is 101 Å². The summed E-state index contributed by atoms with van der Waals surface area (Å²) in [5, 5.41) is 9.92. The standard InChI is InChI=1S/C12H17O4P/c1-10(9-11-7-5-4-6-8-11)12(13)17(14,15-2)16-3/h4-9,12-13H,1-3H3/t12-/m0/s1. The molecule has 0 aliphatic rings. The van der Waals surface area contributed by atoms with Crippen LogP contribution in [-0.4, -0.2) is 25.2 Å². The zero-order valence-corrected chi connectivity index (χ0v) is 11.1. The molecular formula is C12H17O4P. The van der Waals surface area contributed by atoms with Crippen LogP contribution in [0.5, 0.6) is 0 Å². The molecule has 0 radical (unpaired) electrons. The van der Waals surface area contributed by atoms with E-state index in [1.165, 1.54) is 14.2 Å². The minimum Gasteiger partial charge on any atom is -0.376 e. The molecule has 0 aromatic heterocycles. The van der Waals surface area contributed by atoms with Gasteiger partial charge in [-0.05, 0) is 18.1 Å². The third-order valence-corrected chi connectivity index (χ3v) is 4.43. The maximum Gasteiger partial charge on any atom is 0.362 e. The molecule has 0 saturated carbocycles. The van der Waals surface area contributed by atoms with Gasteiger partial charge in [-0.25, -0.2) is 0 Å². The van der Waals surface area contributed by atoms with Gasteiger partial charge in [-0.3, -0.25) is 4.57 Å². The van der Waals surface area contributed by atoms with E-state index < -0.39 is 13.4 Å². The van der Waals surface area contributed by atoms with Gasteiger partial charge in [0.25, 0.3) is 0 Å². The Morgan fingerprint density at radius 2 is 1.82 bits per heavy atom. The lowest BCUT2D eigenvalue weighted by Crippen LogP contribution is -2.11. The molecule has 0 bridgehead atoms. The van der Waals surface area contributed by atoms with Crippen molar-refractivity contribution in [2.24, 2.45) is 0 Å². The van der Waals surface area contributed by atoms with Crippen molar-refractivity contribution in [2.45, 2.75) is 12.8 Å². The van der Waals surface area contributed by atoms with Crippen LogP contribution in [0.25, 0.3) is 6.08 Å². The fourth-order valence-corrected chi connectivity index (χ4v) is 2.53. The first-order chi connectivity index (χ1) is 8.03. The van der Waals surface area contributed by atoms with E-state index in [2.05, 4.69) is 0 Å². The Balaban J connectivity index is 2.94. The van der Waals surface area contributed by atoms with Gasteiger partial charge in [0.2, 0.25) is 0 Å². The van der Waals surface area contributed by atoms with E-state index >= 15 is 0 Å². The second-order valence-corrected chi connectivity index (χ2v) is 5.88. The van der Waals surface area contributed by atoms with Crippen molar-refractivity contribution in [3.05, 3.63) is 41.5 Å². The highest BCUT2D eigenvalue weighted by molar-refractivity contribution is 7.54. The van der Waals surface area contributed by atoms with Gasteiger partial charge in [0.1, 0.15) is 0 Å². The molecule has 0 amide bonds. The average Bonchev–Trinajstić information content (AvgIpc) is 2.38. The Kier molecular flexibility index (Phi) is 5.09. The zero-order valence-electron chi connectivity index (χ0n) is 10.2. The van der Waals surface area contributed by atoms with Crippen LogP contribution >= 0.6 is 7.60 Å². The van der Waals surface area contributed by atoms with E-state index in [4.69, 9.17) is 9.05 Å². The van der Waals surface area contributed by atoms with E-state index in [0.29, 0.717) is 5.57 Å². The molecule has 0 fully saturated rings. The fourth-order valence-electron chi connectivity index (χ4n) is 1.41. The molecule has 5 heteroatoms. The van der Waals surface area contributed by atoms with Crippen LogP contribution in [0.2, 0.25) is 0 Å². The van der Waals surface area contributed by atoms with Gasteiger partial charge in [0.15, 0.2) is 5.85 Å². The molecule has 0 aliphatic heterocycles. The third kappa shape index (κ3) is 3.51. The Bertz CT molecular complexity index is 419. The summed E-state index contributed by atoms with van der Waals surface area (Å²) in [5.41, 5.74) is 1.45. The number of benzene rings is 1. The van der Waals surface area contributed by atoms with E-state index in [-0.39, 0.29) is 0 Å². The predicted molar refractivity (Wildman–Crippen MR) is 67.7 cm³/mol. The second kappa shape index (κ2) is 6.12. The van der Waals surface area contributed by atoms with Gasteiger partial charge in [0.05, 0.1) is 0 Å². The maximum absolute atomic E-state index is 11.9. The number of hydrogen-bond donors (Lipinski definition) is 1. The Morgan fingerprint density at radius 1 is 1.29 bits per heavy atom. The minimum absolute atomic E-state index is 0.531. The largest absolute Gasteiger partial charge is 0.376 e. The van der Waals surface area contributed by atoms with Crippen molar-refractivity contribution in [3.8, 4) is 0 Å². The first kappa shape index (κ1) is 14.1. The van der Waals surface area contributed by atoms with Crippen LogP contribution in [0, 0.1) is 0 Å². The average molecular weight is 256 g/mol. The van der Waals surface area contributed by atoms with Crippen LogP contribution in [0.15, 0.2) is 35.9 Å². The van der Waals surface area contributed by atoms with Crippen molar-refractivity contribution in [1.82, 2.24) is 0 Å². The molecule has 94 valence electrons. The number of hydrogen-bond acceptors (Lipinski definition) is 4.